The molecule has 0 spiro atoms. The first-order valence-corrected chi connectivity index (χ1v) is 6.41. The number of benzene rings is 1. The number of halogens is 3. The molecule has 0 saturated carbocycles. The molecule has 0 N–H and O–H groups in total. The van der Waals surface area contributed by atoms with Crippen LogP contribution in [0.5, 0.6) is 0 Å². The molecule has 0 amide bonds. The van der Waals surface area contributed by atoms with Crippen LogP contribution in [-0.4, -0.2) is 14.8 Å². The highest BCUT2D eigenvalue weighted by Crippen LogP contribution is 2.27. The van der Waals surface area contributed by atoms with Gasteiger partial charge in [0.15, 0.2) is 5.82 Å². The standard InChI is InChI=1S/C12H12Cl2FN3/c1-7(2)18-11(6-13)16-17-12(18)9-5-8(14)3-4-10(9)15/h3-5,7H,6H2,1-2H3. The molecule has 0 atom stereocenters. The van der Waals surface area contributed by atoms with E-state index in [1.165, 1.54) is 18.2 Å². The Morgan fingerprint density at radius 1 is 1.33 bits per heavy atom. The number of alkyl halides is 1. The lowest BCUT2D eigenvalue weighted by atomic mass is 10.2. The van der Waals surface area contributed by atoms with Crippen molar-refractivity contribution in [2.75, 3.05) is 0 Å². The van der Waals surface area contributed by atoms with Gasteiger partial charge >= 0.3 is 0 Å². The summed E-state index contributed by atoms with van der Waals surface area (Å²) in [6.07, 6.45) is 0. The van der Waals surface area contributed by atoms with Gasteiger partial charge in [0, 0.05) is 11.1 Å². The molecule has 0 aliphatic carbocycles. The van der Waals surface area contributed by atoms with Crippen LogP contribution in [-0.2, 0) is 5.88 Å². The van der Waals surface area contributed by atoms with Gasteiger partial charge in [0.25, 0.3) is 0 Å². The third-order valence-corrected chi connectivity index (χ3v) is 3.05. The Hall–Kier alpha value is -1.13. The van der Waals surface area contributed by atoms with Gasteiger partial charge in [-0.15, -0.1) is 21.8 Å². The number of aromatic nitrogens is 3. The van der Waals surface area contributed by atoms with Gasteiger partial charge in [-0.25, -0.2) is 4.39 Å². The lowest BCUT2D eigenvalue weighted by Crippen LogP contribution is -2.07. The first-order chi connectivity index (χ1) is 8.54. The van der Waals surface area contributed by atoms with E-state index < -0.39 is 0 Å². The summed E-state index contributed by atoms with van der Waals surface area (Å²) >= 11 is 11.7. The van der Waals surface area contributed by atoms with Crippen molar-refractivity contribution in [2.45, 2.75) is 25.8 Å². The number of hydrogen-bond acceptors (Lipinski definition) is 2. The van der Waals surface area contributed by atoms with Crippen molar-refractivity contribution < 1.29 is 4.39 Å². The molecule has 2 rings (SSSR count). The smallest absolute Gasteiger partial charge is 0.167 e. The van der Waals surface area contributed by atoms with Crippen LogP contribution in [0.25, 0.3) is 11.4 Å². The van der Waals surface area contributed by atoms with Gasteiger partial charge in [-0.2, -0.15) is 0 Å². The average molecular weight is 288 g/mol. The summed E-state index contributed by atoms with van der Waals surface area (Å²) < 4.78 is 15.6. The fourth-order valence-corrected chi connectivity index (χ4v) is 2.16. The van der Waals surface area contributed by atoms with E-state index in [1.807, 2.05) is 18.4 Å². The van der Waals surface area contributed by atoms with Crippen molar-refractivity contribution in [3.05, 3.63) is 34.9 Å². The molecule has 3 nitrogen and oxygen atoms in total. The molecule has 0 radical (unpaired) electrons. The Balaban J connectivity index is 2.63. The van der Waals surface area contributed by atoms with Gasteiger partial charge in [-0.1, -0.05) is 11.6 Å². The molecule has 96 valence electrons. The summed E-state index contributed by atoms with van der Waals surface area (Å²) in [5.41, 5.74) is 0.333. The minimum atomic E-state index is -0.380. The number of rotatable bonds is 3. The zero-order valence-corrected chi connectivity index (χ0v) is 11.5. The summed E-state index contributed by atoms with van der Waals surface area (Å²) in [6.45, 7) is 3.93. The quantitative estimate of drug-likeness (QED) is 0.797. The zero-order chi connectivity index (χ0) is 13.3. The van der Waals surface area contributed by atoms with Crippen molar-refractivity contribution >= 4 is 23.2 Å². The van der Waals surface area contributed by atoms with E-state index in [2.05, 4.69) is 10.2 Å². The topological polar surface area (TPSA) is 30.7 Å². The van der Waals surface area contributed by atoms with Gasteiger partial charge < -0.3 is 4.57 Å². The first-order valence-electron chi connectivity index (χ1n) is 5.49. The van der Waals surface area contributed by atoms with Crippen LogP contribution in [0.3, 0.4) is 0 Å². The number of nitrogens with zero attached hydrogens (tertiary/aromatic N) is 3. The third kappa shape index (κ3) is 2.35. The van der Waals surface area contributed by atoms with E-state index in [4.69, 9.17) is 23.2 Å². The van der Waals surface area contributed by atoms with Crippen molar-refractivity contribution in [3.63, 3.8) is 0 Å². The van der Waals surface area contributed by atoms with Gasteiger partial charge in [0.05, 0.1) is 11.4 Å². The van der Waals surface area contributed by atoms with Crippen LogP contribution in [0.1, 0.15) is 25.7 Å². The summed E-state index contributed by atoms with van der Waals surface area (Å²) in [6, 6.07) is 4.44. The Labute approximate surface area is 115 Å². The molecule has 18 heavy (non-hydrogen) atoms. The Kier molecular flexibility index (Phi) is 3.88. The molecule has 0 unspecified atom stereocenters. The molecule has 2 aromatic rings. The normalized spacial score (nSPS) is 11.2. The van der Waals surface area contributed by atoms with E-state index >= 15 is 0 Å². The molecule has 0 aliphatic rings. The number of hydrogen-bond donors (Lipinski definition) is 0. The maximum absolute atomic E-state index is 13.8. The minimum Gasteiger partial charge on any atom is -0.307 e. The molecule has 0 saturated heterocycles. The van der Waals surface area contributed by atoms with E-state index in [9.17, 15) is 4.39 Å². The molecule has 0 aliphatic heterocycles. The van der Waals surface area contributed by atoms with Crippen LogP contribution < -0.4 is 0 Å². The summed E-state index contributed by atoms with van der Waals surface area (Å²) in [5.74, 6) is 0.907. The van der Waals surface area contributed by atoms with E-state index in [0.717, 1.165) is 0 Å². The zero-order valence-electron chi connectivity index (χ0n) is 9.99. The minimum absolute atomic E-state index is 0.0853. The molecular weight excluding hydrogens is 276 g/mol. The highest BCUT2D eigenvalue weighted by atomic mass is 35.5. The van der Waals surface area contributed by atoms with Crippen LogP contribution in [0.15, 0.2) is 18.2 Å². The van der Waals surface area contributed by atoms with E-state index in [-0.39, 0.29) is 17.7 Å². The molecule has 0 fully saturated rings. The van der Waals surface area contributed by atoms with Gasteiger partial charge in [0.2, 0.25) is 0 Å². The maximum atomic E-state index is 13.8. The average Bonchev–Trinajstić information content (AvgIpc) is 2.75. The van der Waals surface area contributed by atoms with Crippen LogP contribution in [0.4, 0.5) is 4.39 Å². The van der Waals surface area contributed by atoms with Crippen molar-refractivity contribution in [1.29, 1.82) is 0 Å². The van der Waals surface area contributed by atoms with Crippen molar-refractivity contribution in [2.24, 2.45) is 0 Å². The second-order valence-corrected chi connectivity index (χ2v) is 4.87. The lowest BCUT2D eigenvalue weighted by molar-refractivity contribution is 0.579. The van der Waals surface area contributed by atoms with Gasteiger partial charge in [-0.05, 0) is 32.0 Å². The Morgan fingerprint density at radius 2 is 2.06 bits per heavy atom. The second-order valence-electron chi connectivity index (χ2n) is 4.16. The highest BCUT2D eigenvalue weighted by Gasteiger charge is 2.18. The summed E-state index contributed by atoms with van der Waals surface area (Å²) in [5, 5.41) is 8.44. The molecule has 1 aromatic heterocycles. The molecule has 6 heteroatoms. The third-order valence-electron chi connectivity index (χ3n) is 2.57. The van der Waals surface area contributed by atoms with Gasteiger partial charge in [-0.3, -0.25) is 0 Å². The van der Waals surface area contributed by atoms with Crippen LogP contribution in [0.2, 0.25) is 5.02 Å². The summed E-state index contributed by atoms with van der Waals surface area (Å²) in [4.78, 5) is 0. The summed E-state index contributed by atoms with van der Waals surface area (Å²) in [7, 11) is 0. The maximum Gasteiger partial charge on any atom is 0.167 e. The second kappa shape index (κ2) is 5.24. The molecular formula is C12H12Cl2FN3. The van der Waals surface area contributed by atoms with Crippen molar-refractivity contribution in [1.82, 2.24) is 14.8 Å². The monoisotopic (exact) mass is 287 g/mol. The van der Waals surface area contributed by atoms with Crippen molar-refractivity contribution in [3.8, 4) is 11.4 Å². The first kappa shape index (κ1) is 13.3. The fraction of sp³-hybridized carbons (Fsp3) is 0.333. The van der Waals surface area contributed by atoms with Crippen LogP contribution >= 0.6 is 23.2 Å². The highest BCUT2D eigenvalue weighted by molar-refractivity contribution is 6.30. The van der Waals surface area contributed by atoms with Crippen LogP contribution in [0, 0.1) is 5.82 Å². The lowest BCUT2D eigenvalue weighted by Gasteiger charge is -2.13. The van der Waals surface area contributed by atoms with E-state index in [0.29, 0.717) is 22.2 Å². The molecule has 1 heterocycles. The van der Waals surface area contributed by atoms with Gasteiger partial charge in [0.1, 0.15) is 11.6 Å². The largest absolute Gasteiger partial charge is 0.307 e. The van der Waals surface area contributed by atoms with E-state index in [1.54, 1.807) is 0 Å². The SMILES string of the molecule is CC(C)n1c(CCl)nnc1-c1cc(Cl)ccc1F. The molecule has 1 aromatic carbocycles. The molecule has 0 bridgehead atoms. The Bertz CT molecular complexity index is 566. The predicted molar refractivity (Wildman–Crippen MR) is 70.4 cm³/mol. The Morgan fingerprint density at radius 3 is 2.67 bits per heavy atom. The fourth-order valence-electron chi connectivity index (χ4n) is 1.81. The predicted octanol–water partition coefficient (Wildman–Crippen LogP) is 4.06.